The van der Waals surface area contributed by atoms with Gasteiger partial charge in [0.05, 0.1) is 17.1 Å². The number of benzene rings is 1. The Bertz CT molecular complexity index is 1130. The maximum absolute atomic E-state index is 12.5. The van der Waals surface area contributed by atoms with Crippen molar-refractivity contribution in [3.8, 4) is 5.95 Å². The van der Waals surface area contributed by atoms with Crippen molar-refractivity contribution < 1.29 is 9.90 Å². The Morgan fingerprint density at radius 3 is 2.80 bits per heavy atom. The van der Waals surface area contributed by atoms with Gasteiger partial charge in [-0.3, -0.25) is 9.78 Å². The zero-order chi connectivity index (χ0) is 17.4. The topological polar surface area (TPSA) is 101 Å². The van der Waals surface area contributed by atoms with E-state index in [1.807, 2.05) is 35.7 Å². The average molecular weight is 352 g/mol. The summed E-state index contributed by atoms with van der Waals surface area (Å²) >= 11 is 1.38. The number of nitrogens with one attached hydrogen (secondary N) is 1. The van der Waals surface area contributed by atoms with Crippen LogP contribution in [0.25, 0.3) is 16.2 Å². The highest BCUT2D eigenvalue weighted by Crippen LogP contribution is 2.24. The van der Waals surface area contributed by atoms with Crippen LogP contribution in [0.2, 0.25) is 0 Å². The van der Waals surface area contributed by atoms with Crippen molar-refractivity contribution in [2.45, 2.75) is 6.42 Å². The van der Waals surface area contributed by atoms with Gasteiger partial charge in [0.25, 0.3) is 5.56 Å². The maximum Gasteiger partial charge on any atom is 0.338 e. The highest BCUT2D eigenvalue weighted by molar-refractivity contribution is 7.16. The molecule has 0 saturated heterocycles. The minimum absolute atomic E-state index is 0.0266. The van der Waals surface area contributed by atoms with Crippen LogP contribution in [0.5, 0.6) is 0 Å². The Hall–Kier alpha value is -3.26. The first-order chi connectivity index (χ1) is 12.1. The van der Waals surface area contributed by atoms with Gasteiger partial charge in [-0.15, -0.1) is 11.3 Å². The molecule has 4 rings (SSSR count). The van der Waals surface area contributed by atoms with E-state index in [2.05, 4.69) is 15.1 Å². The zero-order valence-corrected chi connectivity index (χ0v) is 13.7. The first-order valence-corrected chi connectivity index (χ1v) is 8.32. The number of hydrogen-bond donors (Lipinski definition) is 2. The summed E-state index contributed by atoms with van der Waals surface area (Å²) in [5, 5.41) is 15.4. The second kappa shape index (κ2) is 5.99. The molecule has 8 heteroatoms. The summed E-state index contributed by atoms with van der Waals surface area (Å²) in [6.07, 6.45) is 3.17. The molecule has 0 aliphatic heterocycles. The molecule has 0 atom stereocenters. The molecule has 0 bridgehead atoms. The van der Waals surface area contributed by atoms with Gasteiger partial charge in [-0.2, -0.15) is 5.10 Å². The van der Waals surface area contributed by atoms with E-state index in [4.69, 9.17) is 5.11 Å². The molecule has 0 unspecified atom stereocenters. The van der Waals surface area contributed by atoms with Crippen LogP contribution >= 0.6 is 11.3 Å². The van der Waals surface area contributed by atoms with Gasteiger partial charge >= 0.3 is 5.97 Å². The van der Waals surface area contributed by atoms with Crippen molar-refractivity contribution >= 4 is 27.5 Å². The number of H-pyrrole nitrogens is 1. The van der Waals surface area contributed by atoms with Crippen LogP contribution in [-0.2, 0) is 6.42 Å². The fourth-order valence-corrected chi connectivity index (χ4v) is 3.53. The molecular weight excluding hydrogens is 340 g/mol. The monoisotopic (exact) mass is 352 g/mol. The van der Waals surface area contributed by atoms with Gasteiger partial charge in [0, 0.05) is 6.20 Å². The van der Waals surface area contributed by atoms with Crippen molar-refractivity contribution in [2.24, 2.45) is 0 Å². The van der Waals surface area contributed by atoms with E-state index < -0.39 is 5.97 Å². The van der Waals surface area contributed by atoms with Gasteiger partial charge in [0.1, 0.15) is 4.83 Å². The first kappa shape index (κ1) is 15.3. The second-order valence-electron chi connectivity index (χ2n) is 5.47. The molecule has 124 valence electrons. The lowest BCUT2D eigenvalue weighted by molar-refractivity contribution is 0.0697. The Kier molecular flexibility index (Phi) is 3.66. The van der Waals surface area contributed by atoms with Crippen molar-refractivity contribution in [1.29, 1.82) is 0 Å². The normalized spacial score (nSPS) is 11.0. The van der Waals surface area contributed by atoms with Gasteiger partial charge in [0.15, 0.2) is 0 Å². The van der Waals surface area contributed by atoms with E-state index in [0.29, 0.717) is 16.6 Å². The van der Waals surface area contributed by atoms with E-state index in [-0.39, 0.29) is 17.1 Å². The summed E-state index contributed by atoms with van der Waals surface area (Å²) in [7, 11) is 0. The summed E-state index contributed by atoms with van der Waals surface area (Å²) in [6.45, 7) is 0. The summed E-state index contributed by atoms with van der Waals surface area (Å²) in [5.41, 5.74) is 1.79. The largest absolute Gasteiger partial charge is 0.478 e. The quantitative estimate of drug-likeness (QED) is 0.587. The maximum atomic E-state index is 12.5. The Labute approximate surface area is 145 Å². The minimum atomic E-state index is -1.09. The Morgan fingerprint density at radius 1 is 1.28 bits per heavy atom. The number of aromatic carboxylic acids is 1. The van der Waals surface area contributed by atoms with Gasteiger partial charge in [0.2, 0.25) is 5.95 Å². The fraction of sp³-hybridized carbons (Fsp3) is 0.0588. The second-order valence-corrected chi connectivity index (χ2v) is 6.33. The van der Waals surface area contributed by atoms with Crippen LogP contribution in [0.4, 0.5) is 0 Å². The third-order valence-corrected chi connectivity index (χ3v) is 4.71. The smallest absolute Gasteiger partial charge is 0.338 e. The standard InChI is InChI=1S/C17H12N4O3S/c22-14-13-11(6-10-4-2-1-3-5-10)9-25-15(13)20-17(19-14)21-8-12(7-18-21)16(23)24/h1-5,7-9H,6H2,(H,23,24)(H,19,20,22). The average Bonchev–Trinajstić information content (AvgIpc) is 3.23. The molecule has 0 radical (unpaired) electrons. The molecule has 2 N–H and O–H groups in total. The Balaban J connectivity index is 1.76. The number of rotatable bonds is 4. The summed E-state index contributed by atoms with van der Waals surface area (Å²) in [6, 6.07) is 9.89. The molecule has 0 amide bonds. The van der Waals surface area contributed by atoms with Crippen molar-refractivity contribution in [3.63, 3.8) is 0 Å². The molecule has 0 fully saturated rings. The van der Waals surface area contributed by atoms with E-state index >= 15 is 0 Å². The number of hydrogen-bond acceptors (Lipinski definition) is 5. The number of nitrogens with zero attached hydrogens (tertiary/aromatic N) is 3. The number of fused-ring (bicyclic) bond motifs is 1. The third-order valence-electron chi connectivity index (χ3n) is 3.79. The number of carbonyl (C=O) groups is 1. The lowest BCUT2D eigenvalue weighted by atomic mass is 10.1. The number of carboxylic acid groups (broad SMARTS) is 1. The molecule has 25 heavy (non-hydrogen) atoms. The van der Waals surface area contributed by atoms with E-state index in [1.165, 1.54) is 28.4 Å². The van der Waals surface area contributed by atoms with Crippen molar-refractivity contribution in [2.75, 3.05) is 0 Å². The summed E-state index contributed by atoms with van der Waals surface area (Å²) < 4.78 is 1.25. The lowest BCUT2D eigenvalue weighted by Crippen LogP contribution is -2.14. The lowest BCUT2D eigenvalue weighted by Gasteiger charge is -2.02. The van der Waals surface area contributed by atoms with Crippen LogP contribution < -0.4 is 5.56 Å². The van der Waals surface area contributed by atoms with Crippen LogP contribution in [-0.4, -0.2) is 30.8 Å². The minimum Gasteiger partial charge on any atom is -0.478 e. The van der Waals surface area contributed by atoms with E-state index in [1.54, 1.807) is 0 Å². The molecule has 0 aliphatic rings. The van der Waals surface area contributed by atoms with Gasteiger partial charge < -0.3 is 5.11 Å². The number of aromatic amines is 1. The third kappa shape index (κ3) is 2.83. The zero-order valence-electron chi connectivity index (χ0n) is 12.8. The predicted octanol–water partition coefficient (Wildman–Crippen LogP) is 2.46. The highest BCUT2D eigenvalue weighted by atomic mass is 32.1. The van der Waals surface area contributed by atoms with E-state index in [9.17, 15) is 9.59 Å². The first-order valence-electron chi connectivity index (χ1n) is 7.44. The van der Waals surface area contributed by atoms with Gasteiger partial charge in [-0.05, 0) is 22.9 Å². The SMILES string of the molecule is O=C(O)c1cnn(-c2nc3scc(Cc4ccccc4)c3c(=O)[nH]2)c1. The number of carboxylic acids is 1. The molecular formula is C17H12N4O3S. The molecule has 0 aliphatic carbocycles. The molecule has 0 spiro atoms. The molecule has 3 heterocycles. The fourth-order valence-electron chi connectivity index (χ4n) is 2.60. The highest BCUT2D eigenvalue weighted by Gasteiger charge is 2.14. The van der Waals surface area contributed by atoms with Crippen LogP contribution in [0, 0.1) is 0 Å². The Morgan fingerprint density at radius 2 is 2.08 bits per heavy atom. The van der Waals surface area contributed by atoms with Crippen LogP contribution in [0.1, 0.15) is 21.5 Å². The van der Waals surface area contributed by atoms with E-state index in [0.717, 1.165) is 11.1 Å². The van der Waals surface area contributed by atoms with Crippen LogP contribution in [0.3, 0.4) is 0 Å². The van der Waals surface area contributed by atoms with Gasteiger partial charge in [-0.25, -0.2) is 14.5 Å². The van der Waals surface area contributed by atoms with Gasteiger partial charge in [-0.1, -0.05) is 30.3 Å². The number of aromatic nitrogens is 4. The van der Waals surface area contributed by atoms with Crippen molar-refractivity contribution in [3.05, 3.63) is 75.1 Å². The summed E-state index contributed by atoms with van der Waals surface area (Å²) in [5.74, 6) is -0.894. The molecule has 1 aromatic carbocycles. The summed E-state index contributed by atoms with van der Waals surface area (Å²) in [4.78, 5) is 31.2. The molecule has 7 nitrogen and oxygen atoms in total. The molecule has 0 saturated carbocycles. The molecule has 3 aromatic heterocycles. The molecule has 4 aromatic rings. The number of thiophene rings is 1. The predicted molar refractivity (Wildman–Crippen MR) is 93.6 cm³/mol. The van der Waals surface area contributed by atoms with Crippen LogP contribution in [0.15, 0.2) is 52.9 Å². The van der Waals surface area contributed by atoms with Crippen molar-refractivity contribution in [1.82, 2.24) is 19.7 Å².